The van der Waals surface area contributed by atoms with Gasteiger partial charge in [0.1, 0.15) is 5.78 Å². The zero-order valence-electron chi connectivity index (χ0n) is 12.1. The summed E-state index contributed by atoms with van der Waals surface area (Å²) in [5.74, 6) is 0.265. The Hall–Kier alpha value is -0.900. The van der Waals surface area contributed by atoms with Gasteiger partial charge in [0.2, 0.25) is 5.91 Å². The second-order valence-electron chi connectivity index (χ2n) is 6.32. The molecule has 1 amide bonds. The molecule has 0 aliphatic carbocycles. The summed E-state index contributed by atoms with van der Waals surface area (Å²) in [6.45, 7) is 8.91. The van der Waals surface area contributed by atoms with Crippen LogP contribution in [0.5, 0.6) is 0 Å². The standard InChI is InChI=1S/C14H26N2O2/c1-11(17)9-12-7-5-6-8-16(12)10-13(18)15-14(2,3)4/h12H,5-10H2,1-4H3,(H,15,18). The summed E-state index contributed by atoms with van der Waals surface area (Å²) >= 11 is 0. The van der Waals surface area contributed by atoms with E-state index in [4.69, 9.17) is 0 Å². The lowest BCUT2D eigenvalue weighted by Crippen LogP contribution is -2.50. The summed E-state index contributed by atoms with van der Waals surface area (Å²) in [7, 11) is 0. The smallest absolute Gasteiger partial charge is 0.234 e. The first-order valence-corrected chi connectivity index (χ1v) is 6.82. The van der Waals surface area contributed by atoms with Crippen molar-refractivity contribution >= 4 is 11.7 Å². The monoisotopic (exact) mass is 254 g/mol. The summed E-state index contributed by atoms with van der Waals surface area (Å²) in [4.78, 5) is 25.3. The first-order valence-electron chi connectivity index (χ1n) is 6.82. The Morgan fingerprint density at radius 2 is 1.94 bits per heavy atom. The predicted molar refractivity (Wildman–Crippen MR) is 72.4 cm³/mol. The summed E-state index contributed by atoms with van der Waals surface area (Å²) in [5, 5.41) is 2.97. The van der Waals surface area contributed by atoms with Crippen molar-refractivity contribution in [3.63, 3.8) is 0 Å². The van der Waals surface area contributed by atoms with Crippen LogP contribution in [0.4, 0.5) is 0 Å². The van der Waals surface area contributed by atoms with Crippen molar-refractivity contribution in [1.29, 1.82) is 0 Å². The van der Waals surface area contributed by atoms with E-state index in [1.807, 2.05) is 20.8 Å². The van der Waals surface area contributed by atoms with Gasteiger partial charge in [-0.3, -0.25) is 14.5 Å². The second kappa shape index (κ2) is 6.32. The number of hydrogen-bond donors (Lipinski definition) is 1. The molecule has 104 valence electrons. The maximum Gasteiger partial charge on any atom is 0.234 e. The summed E-state index contributed by atoms with van der Waals surface area (Å²) in [5.41, 5.74) is -0.192. The van der Waals surface area contributed by atoms with Gasteiger partial charge in [-0.2, -0.15) is 0 Å². The highest BCUT2D eigenvalue weighted by Crippen LogP contribution is 2.19. The number of likely N-dealkylation sites (tertiary alicyclic amines) is 1. The van der Waals surface area contributed by atoms with E-state index in [1.54, 1.807) is 6.92 Å². The van der Waals surface area contributed by atoms with Gasteiger partial charge in [-0.25, -0.2) is 0 Å². The van der Waals surface area contributed by atoms with Gasteiger partial charge in [-0.15, -0.1) is 0 Å². The maximum absolute atomic E-state index is 11.9. The number of ketones is 1. The van der Waals surface area contributed by atoms with Crippen LogP contribution in [0.25, 0.3) is 0 Å². The van der Waals surface area contributed by atoms with Crippen LogP contribution in [0.15, 0.2) is 0 Å². The van der Waals surface area contributed by atoms with Gasteiger partial charge < -0.3 is 5.32 Å². The van der Waals surface area contributed by atoms with Crippen LogP contribution in [0.3, 0.4) is 0 Å². The minimum absolute atomic E-state index is 0.0537. The van der Waals surface area contributed by atoms with Gasteiger partial charge in [0.05, 0.1) is 6.54 Å². The molecular formula is C14H26N2O2. The van der Waals surface area contributed by atoms with Crippen molar-refractivity contribution in [2.75, 3.05) is 13.1 Å². The summed E-state index contributed by atoms with van der Waals surface area (Å²) in [6.07, 6.45) is 3.89. The highest BCUT2D eigenvalue weighted by atomic mass is 16.2. The number of hydrogen-bond acceptors (Lipinski definition) is 3. The molecular weight excluding hydrogens is 228 g/mol. The molecule has 1 rings (SSSR count). The molecule has 0 aromatic carbocycles. The van der Waals surface area contributed by atoms with Crippen molar-refractivity contribution in [2.24, 2.45) is 0 Å². The van der Waals surface area contributed by atoms with Crippen molar-refractivity contribution < 1.29 is 9.59 Å². The number of carbonyl (C=O) groups is 2. The SMILES string of the molecule is CC(=O)CC1CCCCN1CC(=O)NC(C)(C)C. The predicted octanol–water partition coefficient (Wildman–Crippen LogP) is 1.73. The Balaban J connectivity index is 2.51. The Morgan fingerprint density at radius 3 is 2.50 bits per heavy atom. The topological polar surface area (TPSA) is 49.4 Å². The second-order valence-corrected chi connectivity index (χ2v) is 6.32. The lowest BCUT2D eigenvalue weighted by Gasteiger charge is -2.35. The normalized spacial score (nSPS) is 21.7. The van der Waals surface area contributed by atoms with Crippen LogP contribution in [0.1, 0.15) is 53.4 Å². The van der Waals surface area contributed by atoms with Gasteiger partial charge in [-0.1, -0.05) is 6.42 Å². The Labute approximate surface area is 110 Å². The number of carbonyl (C=O) groups excluding carboxylic acids is 2. The lowest BCUT2D eigenvalue weighted by atomic mass is 9.97. The van der Waals surface area contributed by atoms with Crippen molar-refractivity contribution in [3.05, 3.63) is 0 Å². The molecule has 0 bridgehead atoms. The van der Waals surface area contributed by atoms with E-state index in [1.165, 1.54) is 0 Å². The van der Waals surface area contributed by atoms with Crippen LogP contribution in [-0.4, -0.2) is 41.3 Å². The van der Waals surface area contributed by atoms with Gasteiger partial charge in [0, 0.05) is 18.0 Å². The molecule has 1 N–H and O–H groups in total. The zero-order valence-corrected chi connectivity index (χ0v) is 12.1. The number of rotatable bonds is 4. The van der Waals surface area contributed by atoms with Gasteiger partial charge in [-0.05, 0) is 47.1 Å². The highest BCUT2D eigenvalue weighted by molar-refractivity contribution is 5.79. The number of nitrogens with one attached hydrogen (secondary N) is 1. The Morgan fingerprint density at radius 1 is 1.28 bits per heavy atom. The Kier molecular flexibility index (Phi) is 5.32. The van der Waals surface area contributed by atoms with Gasteiger partial charge >= 0.3 is 0 Å². The van der Waals surface area contributed by atoms with E-state index < -0.39 is 0 Å². The third-order valence-corrected chi connectivity index (χ3v) is 3.13. The third kappa shape index (κ3) is 5.63. The Bertz CT molecular complexity index is 307. The fraction of sp³-hybridized carbons (Fsp3) is 0.857. The molecule has 0 aromatic rings. The average Bonchev–Trinajstić information content (AvgIpc) is 2.17. The molecule has 18 heavy (non-hydrogen) atoms. The quantitative estimate of drug-likeness (QED) is 0.831. The highest BCUT2D eigenvalue weighted by Gasteiger charge is 2.26. The summed E-state index contributed by atoms with van der Waals surface area (Å²) < 4.78 is 0. The van der Waals surface area contributed by atoms with Crippen LogP contribution in [-0.2, 0) is 9.59 Å². The van der Waals surface area contributed by atoms with Crippen molar-refractivity contribution in [3.8, 4) is 0 Å². The molecule has 1 aliphatic heterocycles. The number of piperidine rings is 1. The molecule has 0 saturated carbocycles. The number of nitrogens with zero attached hydrogens (tertiary/aromatic N) is 1. The van der Waals surface area contributed by atoms with E-state index in [0.717, 1.165) is 25.8 Å². The minimum Gasteiger partial charge on any atom is -0.350 e. The van der Waals surface area contributed by atoms with Crippen LogP contribution >= 0.6 is 0 Å². The fourth-order valence-electron chi connectivity index (χ4n) is 2.47. The number of amides is 1. The van der Waals surface area contributed by atoms with Crippen molar-refractivity contribution in [2.45, 2.75) is 65.0 Å². The molecule has 1 unspecified atom stereocenters. The van der Waals surface area contributed by atoms with E-state index in [9.17, 15) is 9.59 Å². The van der Waals surface area contributed by atoms with Crippen LogP contribution in [0, 0.1) is 0 Å². The molecule has 1 fully saturated rings. The average molecular weight is 254 g/mol. The molecule has 1 heterocycles. The first-order chi connectivity index (χ1) is 8.28. The van der Waals surface area contributed by atoms with Gasteiger partial charge in [0.25, 0.3) is 0 Å². The fourth-order valence-corrected chi connectivity index (χ4v) is 2.47. The molecule has 1 aliphatic rings. The molecule has 1 saturated heterocycles. The van der Waals surface area contributed by atoms with E-state index in [-0.39, 0.29) is 23.3 Å². The van der Waals surface area contributed by atoms with Crippen LogP contribution in [0.2, 0.25) is 0 Å². The molecule has 4 nitrogen and oxygen atoms in total. The maximum atomic E-state index is 11.9. The molecule has 0 aromatic heterocycles. The lowest BCUT2D eigenvalue weighted by molar-refractivity contribution is -0.126. The zero-order chi connectivity index (χ0) is 13.8. The van der Waals surface area contributed by atoms with E-state index in [0.29, 0.717) is 13.0 Å². The van der Waals surface area contributed by atoms with Crippen molar-refractivity contribution in [1.82, 2.24) is 10.2 Å². The summed E-state index contributed by atoms with van der Waals surface area (Å²) in [6, 6.07) is 0.252. The number of Topliss-reactive ketones (excluding diaryl/α,β-unsaturated/α-hetero) is 1. The third-order valence-electron chi connectivity index (χ3n) is 3.13. The molecule has 1 atom stereocenters. The molecule has 0 spiro atoms. The molecule has 4 heteroatoms. The molecule has 0 radical (unpaired) electrons. The minimum atomic E-state index is -0.192. The first kappa shape index (κ1) is 15.2. The van der Waals surface area contributed by atoms with E-state index >= 15 is 0 Å². The van der Waals surface area contributed by atoms with Gasteiger partial charge in [0.15, 0.2) is 0 Å². The van der Waals surface area contributed by atoms with Crippen LogP contribution < -0.4 is 5.32 Å². The largest absolute Gasteiger partial charge is 0.350 e. The van der Waals surface area contributed by atoms with E-state index in [2.05, 4.69) is 10.2 Å².